The highest BCUT2D eigenvalue weighted by molar-refractivity contribution is 4.93. The molecule has 0 radical (unpaired) electrons. The molecule has 2 aliphatic rings. The van der Waals surface area contributed by atoms with Crippen molar-refractivity contribution in [2.45, 2.75) is 37.9 Å². The van der Waals surface area contributed by atoms with Crippen LogP contribution in [-0.2, 0) is 0 Å². The molecule has 3 atom stereocenters. The van der Waals surface area contributed by atoms with Crippen molar-refractivity contribution in [1.82, 2.24) is 10.2 Å². The number of nitrogens with one attached hydrogen (secondary N) is 1. The zero-order valence-corrected chi connectivity index (χ0v) is 10.9. The minimum atomic E-state index is -4.41. The SMILES string of the molecule is N#CC(CN1CCCC(C2CCCN2)C1)C(F)(F)F. The van der Waals surface area contributed by atoms with Crippen LogP contribution in [0.5, 0.6) is 0 Å². The molecular formula is C13H20F3N3. The van der Waals surface area contributed by atoms with Gasteiger partial charge in [0.2, 0.25) is 0 Å². The van der Waals surface area contributed by atoms with Crippen LogP contribution < -0.4 is 5.32 Å². The molecule has 2 aliphatic heterocycles. The van der Waals surface area contributed by atoms with E-state index in [1.165, 1.54) is 6.07 Å². The summed E-state index contributed by atoms with van der Waals surface area (Å²) in [6.07, 6.45) is -0.118. The average molecular weight is 275 g/mol. The van der Waals surface area contributed by atoms with E-state index >= 15 is 0 Å². The van der Waals surface area contributed by atoms with Gasteiger partial charge in [0.25, 0.3) is 0 Å². The highest BCUT2D eigenvalue weighted by Crippen LogP contribution is 2.29. The van der Waals surface area contributed by atoms with Crippen LogP contribution in [0.15, 0.2) is 0 Å². The Bertz CT molecular complexity index is 331. The van der Waals surface area contributed by atoms with E-state index in [-0.39, 0.29) is 6.54 Å². The van der Waals surface area contributed by atoms with Gasteiger partial charge < -0.3 is 10.2 Å². The first kappa shape index (κ1) is 14.6. The third-order valence-corrected chi connectivity index (χ3v) is 4.20. The summed E-state index contributed by atoms with van der Waals surface area (Å²) >= 11 is 0. The molecule has 19 heavy (non-hydrogen) atoms. The fourth-order valence-corrected chi connectivity index (χ4v) is 3.18. The Balaban J connectivity index is 1.88. The van der Waals surface area contributed by atoms with Crippen molar-refractivity contribution in [2.24, 2.45) is 11.8 Å². The van der Waals surface area contributed by atoms with Gasteiger partial charge in [0.15, 0.2) is 5.92 Å². The molecule has 0 aromatic rings. The van der Waals surface area contributed by atoms with Crippen molar-refractivity contribution < 1.29 is 13.2 Å². The van der Waals surface area contributed by atoms with Gasteiger partial charge in [-0.15, -0.1) is 0 Å². The number of rotatable bonds is 3. The van der Waals surface area contributed by atoms with E-state index in [9.17, 15) is 13.2 Å². The topological polar surface area (TPSA) is 39.1 Å². The van der Waals surface area contributed by atoms with Crippen LogP contribution in [0.1, 0.15) is 25.7 Å². The Morgan fingerprint density at radius 3 is 2.68 bits per heavy atom. The van der Waals surface area contributed by atoms with Crippen molar-refractivity contribution in [3.05, 3.63) is 0 Å². The molecule has 6 heteroatoms. The fourth-order valence-electron chi connectivity index (χ4n) is 3.18. The first-order valence-electron chi connectivity index (χ1n) is 6.93. The van der Waals surface area contributed by atoms with Gasteiger partial charge in [0.1, 0.15) is 0 Å². The molecule has 0 aliphatic carbocycles. The second kappa shape index (κ2) is 6.10. The molecule has 2 rings (SSSR count). The lowest BCUT2D eigenvalue weighted by Crippen LogP contribution is -2.46. The molecule has 0 spiro atoms. The molecule has 3 unspecified atom stereocenters. The summed E-state index contributed by atoms with van der Waals surface area (Å²) in [5, 5.41) is 12.1. The highest BCUT2D eigenvalue weighted by atomic mass is 19.4. The van der Waals surface area contributed by atoms with Crippen LogP contribution in [0.3, 0.4) is 0 Å². The summed E-state index contributed by atoms with van der Waals surface area (Å²) in [6, 6.07) is 1.84. The van der Waals surface area contributed by atoms with Gasteiger partial charge in [-0.2, -0.15) is 18.4 Å². The van der Waals surface area contributed by atoms with E-state index in [4.69, 9.17) is 5.26 Å². The summed E-state index contributed by atoms with van der Waals surface area (Å²) in [7, 11) is 0. The maximum Gasteiger partial charge on any atom is 0.405 e. The van der Waals surface area contributed by atoms with Crippen LogP contribution in [0.4, 0.5) is 13.2 Å². The van der Waals surface area contributed by atoms with E-state index in [0.29, 0.717) is 25.0 Å². The van der Waals surface area contributed by atoms with Crippen LogP contribution >= 0.6 is 0 Å². The Hall–Kier alpha value is -0.800. The lowest BCUT2D eigenvalue weighted by atomic mass is 9.89. The monoisotopic (exact) mass is 275 g/mol. The predicted molar refractivity (Wildman–Crippen MR) is 65.3 cm³/mol. The molecule has 2 fully saturated rings. The molecule has 0 amide bonds. The number of nitrogens with zero attached hydrogens (tertiary/aromatic N) is 2. The first-order chi connectivity index (χ1) is 9.00. The van der Waals surface area contributed by atoms with Gasteiger partial charge in [-0.25, -0.2) is 0 Å². The van der Waals surface area contributed by atoms with Gasteiger partial charge in [0.05, 0.1) is 6.07 Å². The van der Waals surface area contributed by atoms with Crippen molar-refractivity contribution >= 4 is 0 Å². The molecule has 3 nitrogen and oxygen atoms in total. The summed E-state index contributed by atoms with van der Waals surface area (Å²) in [6.45, 7) is 2.21. The lowest BCUT2D eigenvalue weighted by molar-refractivity contribution is -0.164. The lowest BCUT2D eigenvalue weighted by Gasteiger charge is -2.36. The van der Waals surface area contributed by atoms with E-state index in [2.05, 4.69) is 5.32 Å². The molecule has 0 aromatic heterocycles. The number of piperidine rings is 1. The molecule has 0 bridgehead atoms. The van der Waals surface area contributed by atoms with E-state index in [1.54, 1.807) is 0 Å². The number of hydrogen-bond acceptors (Lipinski definition) is 3. The first-order valence-corrected chi connectivity index (χ1v) is 6.93. The maximum absolute atomic E-state index is 12.6. The Morgan fingerprint density at radius 1 is 1.32 bits per heavy atom. The minimum absolute atomic E-state index is 0.177. The van der Waals surface area contributed by atoms with E-state index in [0.717, 1.165) is 32.2 Å². The third kappa shape index (κ3) is 3.83. The van der Waals surface area contributed by atoms with Gasteiger partial charge in [-0.1, -0.05) is 0 Å². The van der Waals surface area contributed by atoms with Gasteiger partial charge in [-0.3, -0.25) is 0 Å². The number of likely N-dealkylation sites (tertiary alicyclic amines) is 1. The number of nitriles is 1. The quantitative estimate of drug-likeness (QED) is 0.858. The predicted octanol–water partition coefficient (Wildman–Crippen LogP) is 2.15. The van der Waals surface area contributed by atoms with Crippen LogP contribution in [-0.4, -0.2) is 43.3 Å². The Morgan fingerprint density at radius 2 is 2.11 bits per heavy atom. The highest BCUT2D eigenvalue weighted by Gasteiger charge is 2.41. The van der Waals surface area contributed by atoms with Crippen LogP contribution in [0.25, 0.3) is 0 Å². The number of halogens is 3. The van der Waals surface area contributed by atoms with E-state index in [1.807, 2.05) is 4.90 Å². The normalized spacial score (nSPS) is 31.1. The average Bonchev–Trinajstić information content (AvgIpc) is 2.88. The van der Waals surface area contributed by atoms with Crippen molar-refractivity contribution in [3.8, 4) is 6.07 Å². The molecular weight excluding hydrogens is 255 g/mol. The summed E-state index contributed by atoms with van der Waals surface area (Å²) in [4.78, 5) is 1.82. The number of alkyl halides is 3. The molecule has 2 heterocycles. The molecule has 2 saturated heterocycles. The molecule has 0 saturated carbocycles. The maximum atomic E-state index is 12.6. The second-order valence-electron chi connectivity index (χ2n) is 5.59. The summed E-state index contributed by atoms with van der Waals surface area (Å²) in [5.74, 6) is -1.42. The van der Waals surface area contributed by atoms with Crippen LogP contribution in [0.2, 0.25) is 0 Å². The zero-order chi connectivity index (χ0) is 13.9. The fraction of sp³-hybridized carbons (Fsp3) is 0.923. The van der Waals surface area contributed by atoms with Crippen molar-refractivity contribution in [1.29, 1.82) is 5.26 Å². The largest absolute Gasteiger partial charge is 0.405 e. The van der Waals surface area contributed by atoms with Gasteiger partial charge in [-0.05, 0) is 44.7 Å². The van der Waals surface area contributed by atoms with Crippen LogP contribution in [0, 0.1) is 23.2 Å². The second-order valence-corrected chi connectivity index (χ2v) is 5.59. The smallest absolute Gasteiger partial charge is 0.314 e. The molecule has 0 aromatic carbocycles. The molecule has 108 valence electrons. The summed E-state index contributed by atoms with van der Waals surface area (Å²) in [5.41, 5.74) is 0. The van der Waals surface area contributed by atoms with E-state index < -0.39 is 12.1 Å². The number of hydrogen-bond donors (Lipinski definition) is 1. The minimum Gasteiger partial charge on any atom is -0.314 e. The van der Waals surface area contributed by atoms with Crippen molar-refractivity contribution in [2.75, 3.05) is 26.2 Å². The Labute approximate surface area is 111 Å². The standard InChI is InChI=1S/C13H20F3N3/c14-13(15,16)11(7-17)9-19-6-2-3-10(8-19)12-4-1-5-18-12/h10-12,18H,1-6,8-9H2. The third-order valence-electron chi connectivity index (χ3n) is 4.20. The molecule has 1 N–H and O–H groups in total. The van der Waals surface area contributed by atoms with Gasteiger partial charge in [0, 0.05) is 19.1 Å². The van der Waals surface area contributed by atoms with Gasteiger partial charge >= 0.3 is 6.18 Å². The summed E-state index contributed by atoms with van der Waals surface area (Å²) < 4.78 is 37.8. The van der Waals surface area contributed by atoms with Crippen molar-refractivity contribution in [3.63, 3.8) is 0 Å². The zero-order valence-electron chi connectivity index (χ0n) is 10.9. The Kier molecular flexibility index (Phi) is 4.69.